The summed E-state index contributed by atoms with van der Waals surface area (Å²) in [5, 5.41) is 8.83. The molecule has 1 heterocycles. The molecule has 1 unspecified atom stereocenters. The van der Waals surface area contributed by atoms with Gasteiger partial charge < -0.3 is 9.52 Å². The molecule has 1 aromatic heterocycles. The number of carbonyl (C=O) groups is 1. The molecule has 1 aliphatic rings. The average Bonchev–Trinajstić information content (AvgIpc) is 2.99. The summed E-state index contributed by atoms with van der Waals surface area (Å²) < 4.78 is 5.90. The van der Waals surface area contributed by atoms with Crippen molar-refractivity contribution in [3.8, 4) is 11.3 Å². The molecule has 0 radical (unpaired) electrons. The molecular weight excluding hydrogens is 278 g/mol. The largest absolute Gasteiger partial charge is 0.481 e. The van der Waals surface area contributed by atoms with Crippen molar-refractivity contribution in [2.45, 2.75) is 25.2 Å². The van der Waals surface area contributed by atoms with Gasteiger partial charge in [-0.15, -0.1) is 0 Å². The van der Waals surface area contributed by atoms with Crippen molar-refractivity contribution in [1.29, 1.82) is 0 Å². The minimum atomic E-state index is -0.846. The Morgan fingerprint density at radius 1 is 1.27 bits per heavy atom. The van der Waals surface area contributed by atoms with Crippen molar-refractivity contribution >= 4 is 5.97 Å². The van der Waals surface area contributed by atoms with Crippen LogP contribution in [0.2, 0.25) is 0 Å². The Kier molecular flexibility index (Phi) is 4.19. The molecule has 0 spiro atoms. The lowest BCUT2D eigenvalue weighted by molar-refractivity contribution is -0.137. The monoisotopic (exact) mass is 295 g/mol. The molecule has 0 bridgehead atoms. The molecule has 1 N–H and O–H groups in total. The number of hydrogen-bond donors (Lipinski definition) is 1. The van der Waals surface area contributed by atoms with Gasteiger partial charge in [0.2, 0.25) is 0 Å². The Balaban J connectivity index is 1.96. The number of benzene rings is 1. The summed E-state index contributed by atoms with van der Waals surface area (Å²) in [4.78, 5) is 15.3. The topological polar surface area (TPSA) is 63.3 Å². The summed E-state index contributed by atoms with van der Waals surface area (Å²) in [6.07, 6.45) is 9.40. The third-order valence-electron chi connectivity index (χ3n) is 3.62. The highest BCUT2D eigenvalue weighted by Gasteiger charge is 2.22. The zero-order valence-electron chi connectivity index (χ0n) is 12.1. The van der Waals surface area contributed by atoms with Gasteiger partial charge in [0, 0.05) is 17.9 Å². The lowest BCUT2D eigenvalue weighted by atomic mass is 9.95. The summed E-state index contributed by atoms with van der Waals surface area (Å²) in [6.45, 7) is 0. The Morgan fingerprint density at radius 2 is 2.09 bits per heavy atom. The summed E-state index contributed by atoms with van der Waals surface area (Å²) in [6, 6.07) is 9.86. The molecule has 22 heavy (non-hydrogen) atoms. The molecule has 0 aliphatic heterocycles. The third kappa shape index (κ3) is 3.17. The van der Waals surface area contributed by atoms with Crippen molar-refractivity contribution in [1.82, 2.24) is 4.98 Å². The predicted octanol–water partition coefficient (Wildman–Crippen LogP) is 3.96. The van der Waals surface area contributed by atoms with Gasteiger partial charge in [-0.1, -0.05) is 54.6 Å². The molecule has 0 fully saturated rings. The molecule has 3 rings (SSSR count). The fraction of sp³-hybridized carbons (Fsp3) is 0.222. The highest BCUT2D eigenvalue weighted by molar-refractivity contribution is 5.67. The summed E-state index contributed by atoms with van der Waals surface area (Å²) in [5.74, 6) is 0.596. The van der Waals surface area contributed by atoms with Crippen molar-refractivity contribution < 1.29 is 14.3 Å². The number of aliphatic carboxylic acids is 1. The Morgan fingerprint density at radius 3 is 2.77 bits per heavy atom. The van der Waals surface area contributed by atoms with E-state index in [-0.39, 0.29) is 12.3 Å². The van der Waals surface area contributed by atoms with Crippen LogP contribution in [0.25, 0.3) is 11.3 Å². The lowest BCUT2D eigenvalue weighted by Crippen LogP contribution is -1.97. The molecule has 4 nitrogen and oxygen atoms in total. The minimum Gasteiger partial charge on any atom is -0.481 e. The number of rotatable bonds is 5. The van der Waals surface area contributed by atoms with Gasteiger partial charge in [-0.25, -0.2) is 4.98 Å². The minimum absolute atomic E-state index is 0.0224. The first-order valence-corrected chi connectivity index (χ1v) is 7.34. The van der Waals surface area contributed by atoms with Gasteiger partial charge in [-0.2, -0.15) is 0 Å². The third-order valence-corrected chi connectivity index (χ3v) is 3.62. The first kappa shape index (κ1) is 14.3. The summed E-state index contributed by atoms with van der Waals surface area (Å²) in [5.41, 5.74) is 1.80. The molecular formula is C18H17NO3. The van der Waals surface area contributed by atoms with E-state index in [1.54, 1.807) is 0 Å². The van der Waals surface area contributed by atoms with Crippen LogP contribution in [0.4, 0.5) is 0 Å². The van der Waals surface area contributed by atoms with Crippen LogP contribution >= 0.6 is 0 Å². The van der Waals surface area contributed by atoms with E-state index in [9.17, 15) is 4.79 Å². The zero-order valence-corrected chi connectivity index (χ0v) is 12.1. The predicted molar refractivity (Wildman–Crippen MR) is 83.5 cm³/mol. The van der Waals surface area contributed by atoms with Gasteiger partial charge in [0.1, 0.15) is 11.5 Å². The van der Waals surface area contributed by atoms with Gasteiger partial charge in [-0.3, -0.25) is 4.79 Å². The standard InChI is InChI=1S/C18H17NO3/c20-16(21)12-11-15-19-17(13-7-3-1-4-8-13)18(22-15)14-9-5-2-6-10-14/h1-9,14H,10-12H2,(H,20,21). The SMILES string of the molecule is O=C(O)CCc1nc(-c2ccccc2)c(C2C=CC=CC2)o1. The fourth-order valence-corrected chi connectivity index (χ4v) is 2.53. The van der Waals surface area contributed by atoms with Crippen molar-refractivity contribution in [2.75, 3.05) is 0 Å². The van der Waals surface area contributed by atoms with Gasteiger partial charge in [-0.05, 0) is 6.42 Å². The first-order chi connectivity index (χ1) is 10.7. The highest BCUT2D eigenvalue weighted by atomic mass is 16.4. The van der Waals surface area contributed by atoms with Crippen LogP contribution in [-0.2, 0) is 11.2 Å². The maximum atomic E-state index is 10.7. The van der Waals surface area contributed by atoms with Gasteiger partial charge in [0.15, 0.2) is 5.89 Å². The number of hydrogen-bond acceptors (Lipinski definition) is 3. The molecule has 0 saturated heterocycles. The smallest absolute Gasteiger partial charge is 0.303 e. The summed E-state index contributed by atoms with van der Waals surface area (Å²) >= 11 is 0. The lowest BCUT2D eigenvalue weighted by Gasteiger charge is -2.11. The van der Waals surface area contributed by atoms with Crippen LogP contribution in [-0.4, -0.2) is 16.1 Å². The fourth-order valence-electron chi connectivity index (χ4n) is 2.53. The van der Waals surface area contributed by atoms with E-state index in [2.05, 4.69) is 17.1 Å². The van der Waals surface area contributed by atoms with Gasteiger partial charge in [0.05, 0.1) is 6.42 Å². The highest BCUT2D eigenvalue weighted by Crippen LogP contribution is 2.34. The molecule has 0 amide bonds. The molecule has 1 aliphatic carbocycles. The molecule has 112 valence electrons. The van der Waals surface area contributed by atoms with E-state index < -0.39 is 5.97 Å². The van der Waals surface area contributed by atoms with Crippen LogP contribution in [0, 0.1) is 0 Å². The normalized spacial score (nSPS) is 16.8. The maximum absolute atomic E-state index is 10.7. The zero-order chi connectivity index (χ0) is 15.4. The summed E-state index contributed by atoms with van der Waals surface area (Å²) in [7, 11) is 0. The van der Waals surface area contributed by atoms with E-state index in [4.69, 9.17) is 9.52 Å². The van der Waals surface area contributed by atoms with E-state index >= 15 is 0 Å². The number of nitrogens with zero attached hydrogens (tertiary/aromatic N) is 1. The van der Waals surface area contributed by atoms with Crippen molar-refractivity contribution in [2.24, 2.45) is 0 Å². The van der Waals surface area contributed by atoms with Crippen LogP contribution in [0.15, 0.2) is 59.1 Å². The van der Waals surface area contributed by atoms with Gasteiger partial charge >= 0.3 is 5.97 Å². The first-order valence-electron chi connectivity index (χ1n) is 7.34. The second-order valence-corrected chi connectivity index (χ2v) is 5.24. The maximum Gasteiger partial charge on any atom is 0.303 e. The van der Waals surface area contributed by atoms with E-state index in [0.717, 1.165) is 23.4 Å². The number of carboxylic acids is 1. The quantitative estimate of drug-likeness (QED) is 0.907. The molecule has 2 aromatic rings. The number of allylic oxidation sites excluding steroid dienone is 4. The van der Waals surface area contributed by atoms with E-state index in [0.29, 0.717) is 12.3 Å². The Bertz CT molecular complexity index is 713. The van der Waals surface area contributed by atoms with Crippen molar-refractivity contribution in [3.05, 3.63) is 66.3 Å². The molecule has 4 heteroatoms. The molecule has 1 aromatic carbocycles. The average molecular weight is 295 g/mol. The number of carboxylic acid groups (broad SMARTS) is 1. The van der Waals surface area contributed by atoms with Crippen LogP contribution in [0.1, 0.15) is 30.4 Å². The second kappa shape index (κ2) is 6.43. The van der Waals surface area contributed by atoms with E-state index in [1.165, 1.54) is 0 Å². The van der Waals surface area contributed by atoms with Crippen LogP contribution in [0.3, 0.4) is 0 Å². The van der Waals surface area contributed by atoms with E-state index in [1.807, 2.05) is 42.5 Å². The van der Waals surface area contributed by atoms with Gasteiger partial charge in [0.25, 0.3) is 0 Å². The Hall–Kier alpha value is -2.62. The van der Waals surface area contributed by atoms with Crippen molar-refractivity contribution in [3.63, 3.8) is 0 Å². The second-order valence-electron chi connectivity index (χ2n) is 5.24. The number of aromatic nitrogens is 1. The number of aryl methyl sites for hydroxylation is 1. The molecule has 0 saturated carbocycles. The molecule has 1 atom stereocenters. The van der Waals surface area contributed by atoms with Crippen LogP contribution < -0.4 is 0 Å². The number of oxazole rings is 1. The van der Waals surface area contributed by atoms with Crippen LogP contribution in [0.5, 0.6) is 0 Å². The Labute approximate surface area is 128 Å².